The van der Waals surface area contributed by atoms with E-state index in [-0.39, 0.29) is 49.4 Å². The third kappa shape index (κ3) is 2.89. The molecule has 0 amide bonds. The van der Waals surface area contributed by atoms with E-state index in [2.05, 4.69) is 96.4 Å². The molecular weight excluding hydrogens is 520 g/mol. The first-order valence-corrected chi connectivity index (χ1v) is 16.2. The fourth-order valence-corrected chi connectivity index (χ4v) is 12.7. The van der Waals surface area contributed by atoms with Crippen molar-refractivity contribution in [3.8, 4) is 0 Å². The second-order valence-electron chi connectivity index (χ2n) is 17.2. The molecule has 0 spiro atoms. The molecule has 6 nitrogen and oxygen atoms in total. The number of aromatic nitrogens is 4. The maximum absolute atomic E-state index is 15.1. The molecule has 3 saturated carbocycles. The van der Waals surface area contributed by atoms with Crippen LogP contribution in [0.15, 0.2) is 47.4 Å². The van der Waals surface area contributed by atoms with Crippen molar-refractivity contribution in [3.63, 3.8) is 0 Å². The number of fused-ring (bicyclic) bond motifs is 8. The average molecular weight is 572 g/mol. The summed E-state index contributed by atoms with van der Waals surface area (Å²) in [7, 11) is 2.01. The van der Waals surface area contributed by atoms with Crippen LogP contribution in [0.1, 0.15) is 112 Å². The normalized spacial score (nSPS) is 45.0. The predicted octanol–water partition coefficient (Wildman–Crippen LogP) is 7.05. The van der Waals surface area contributed by atoms with Crippen LogP contribution in [0.5, 0.6) is 0 Å². The lowest BCUT2D eigenvalue weighted by atomic mass is 9.30. The maximum atomic E-state index is 15.1. The van der Waals surface area contributed by atoms with Crippen LogP contribution in [0, 0.1) is 38.4 Å². The van der Waals surface area contributed by atoms with Gasteiger partial charge in [-0.1, -0.05) is 72.2 Å². The highest BCUT2D eigenvalue weighted by atomic mass is 16.5. The van der Waals surface area contributed by atoms with Crippen LogP contribution in [0.4, 0.5) is 0 Å². The predicted molar refractivity (Wildman–Crippen MR) is 162 cm³/mol. The summed E-state index contributed by atoms with van der Waals surface area (Å²) < 4.78 is 10.1. The van der Waals surface area contributed by atoms with Crippen LogP contribution in [-0.4, -0.2) is 20.8 Å². The van der Waals surface area contributed by atoms with E-state index in [1.165, 1.54) is 11.1 Å². The van der Waals surface area contributed by atoms with Crippen LogP contribution >= 0.6 is 0 Å². The first kappa shape index (κ1) is 28.3. The van der Waals surface area contributed by atoms with Crippen molar-refractivity contribution in [1.82, 2.24) is 15.1 Å². The van der Waals surface area contributed by atoms with E-state index < -0.39 is 0 Å². The summed E-state index contributed by atoms with van der Waals surface area (Å²) in [5.41, 5.74) is 1.27. The van der Waals surface area contributed by atoms with Crippen molar-refractivity contribution in [2.24, 2.45) is 45.5 Å². The highest BCUT2D eigenvalue weighted by molar-refractivity contribution is 5.96. The Morgan fingerprint density at radius 1 is 0.976 bits per heavy atom. The lowest BCUT2D eigenvalue weighted by molar-refractivity contribution is -0.733. The largest absolute Gasteiger partial charge is 0.361 e. The molecule has 6 heteroatoms. The minimum absolute atomic E-state index is 0.0656. The molecule has 7 rings (SSSR count). The Balaban J connectivity index is 1.45. The van der Waals surface area contributed by atoms with Crippen LogP contribution in [0.25, 0.3) is 0 Å². The van der Waals surface area contributed by atoms with Gasteiger partial charge in [0.25, 0.3) is 0 Å². The zero-order valence-electron chi connectivity index (χ0n) is 27.4. The second-order valence-corrected chi connectivity index (χ2v) is 17.2. The molecule has 7 atom stereocenters. The van der Waals surface area contributed by atoms with Gasteiger partial charge in [0, 0.05) is 33.1 Å². The SMILES string of the molecule is C=C[C@@]12CC[C@]3(C)C(=CC(=O)[C@@H]4[C@]5(C)CC(C)(C)CC[C@]5(n5cc[n+](C)n5)CC[C@]43C)[C@@]1(C)Cc1cnoc1C2(C)C. The van der Waals surface area contributed by atoms with E-state index in [4.69, 9.17) is 9.74 Å². The quantitative estimate of drug-likeness (QED) is 0.286. The molecule has 42 heavy (non-hydrogen) atoms. The number of carbonyl (C=O) groups is 1. The molecule has 226 valence electrons. The molecule has 2 heterocycles. The lowest BCUT2D eigenvalue weighted by Crippen LogP contribution is -2.71. The Hall–Kier alpha value is -2.50. The third-order valence-corrected chi connectivity index (χ3v) is 14.8. The molecule has 2 aromatic rings. The second kappa shape index (κ2) is 7.95. The highest BCUT2D eigenvalue weighted by Gasteiger charge is 2.76. The van der Waals surface area contributed by atoms with Crippen LogP contribution in [0.2, 0.25) is 0 Å². The number of rotatable bonds is 2. The molecule has 0 unspecified atom stereocenters. The number of aryl methyl sites for hydroxylation is 1. The Bertz CT molecular complexity index is 1540. The number of allylic oxidation sites excluding steroid dienone is 3. The standard InChI is InChI=1S/C36H51N4O2/c1-11-35-15-13-31(6)26(33(35,8)21-24-22-37-42-28(24)30(35,4)5)20-25(41)27-32(31,7)14-17-36(40-19-18-39(10)38-40)16-12-29(2,3)23-34(27,36)9/h11,18-20,22,27H,1,12-17,21,23H2,2-10H3/q+1/t27-,31+,32+,33+,34-,35-,36-/m0/s1. The Morgan fingerprint density at radius 3 is 2.36 bits per heavy atom. The first-order valence-electron chi connectivity index (χ1n) is 16.2. The van der Waals surface area contributed by atoms with Crippen LogP contribution < -0.4 is 4.68 Å². The smallest absolute Gasteiger partial charge is 0.160 e. The van der Waals surface area contributed by atoms with Gasteiger partial charge in [0.15, 0.2) is 18.2 Å². The Kier molecular flexibility index (Phi) is 5.36. The van der Waals surface area contributed by atoms with E-state index in [0.717, 1.165) is 57.1 Å². The number of hydrogen-bond acceptors (Lipinski definition) is 4. The van der Waals surface area contributed by atoms with Crippen molar-refractivity contribution >= 4 is 5.78 Å². The molecule has 5 aliphatic carbocycles. The van der Waals surface area contributed by atoms with Gasteiger partial charge >= 0.3 is 0 Å². The molecule has 0 saturated heterocycles. The molecule has 3 fully saturated rings. The maximum Gasteiger partial charge on any atom is 0.160 e. The van der Waals surface area contributed by atoms with Crippen molar-refractivity contribution in [2.45, 2.75) is 118 Å². The van der Waals surface area contributed by atoms with E-state index in [9.17, 15) is 0 Å². The molecule has 2 aromatic heterocycles. The third-order valence-electron chi connectivity index (χ3n) is 14.8. The molecule has 0 radical (unpaired) electrons. The Labute approximate surface area is 252 Å². The van der Waals surface area contributed by atoms with Gasteiger partial charge in [-0.25, -0.2) is 0 Å². The van der Waals surface area contributed by atoms with Crippen molar-refractivity contribution in [3.05, 3.63) is 54.2 Å². The molecule has 5 aliphatic rings. The number of ketones is 1. The summed E-state index contributed by atoms with van der Waals surface area (Å²) in [4.78, 5) is 15.1. The average Bonchev–Trinajstić information content (AvgIpc) is 3.54. The van der Waals surface area contributed by atoms with Gasteiger partial charge < -0.3 is 4.52 Å². The zero-order valence-corrected chi connectivity index (χ0v) is 27.4. The fraction of sp³-hybridized carbons (Fsp3) is 0.722. The van der Waals surface area contributed by atoms with Crippen molar-refractivity contribution in [2.75, 3.05) is 0 Å². The van der Waals surface area contributed by atoms with Gasteiger partial charge in [-0.05, 0) is 73.7 Å². The summed E-state index contributed by atoms with van der Waals surface area (Å²) in [6.07, 6.45) is 18.7. The van der Waals surface area contributed by atoms with E-state index in [1.54, 1.807) is 0 Å². The minimum Gasteiger partial charge on any atom is -0.361 e. The van der Waals surface area contributed by atoms with Crippen molar-refractivity contribution in [1.29, 1.82) is 0 Å². The molecule has 0 aromatic carbocycles. The van der Waals surface area contributed by atoms with Gasteiger partial charge in [-0.2, -0.15) is 0 Å². The monoisotopic (exact) mass is 571 g/mol. The zero-order chi connectivity index (χ0) is 30.4. The van der Waals surface area contributed by atoms with Gasteiger partial charge in [0.2, 0.25) is 0 Å². The summed E-state index contributed by atoms with van der Waals surface area (Å²) in [5, 5.41) is 9.25. The summed E-state index contributed by atoms with van der Waals surface area (Å²) >= 11 is 0. The van der Waals surface area contributed by atoms with Gasteiger partial charge in [-0.3, -0.25) is 4.79 Å². The van der Waals surface area contributed by atoms with E-state index in [1.807, 2.05) is 17.9 Å². The van der Waals surface area contributed by atoms with Crippen LogP contribution in [-0.2, 0) is 29.2 Å². The molecular formula is C36H51N4O2+. The van der Waals surface area contributed by atoms with Gasteiger partial charge in [0.05, 0.1) is 11.4 Å². The Morgan fingerprint density at radius 2 is 1.69 bits per heavy atom. The van der Waals surface area contributed by atoms with Gasteiger partial charge in [-0.15, -0.1) is 15.9 Å². The highest BCUT2D eigenvalue weighted by Crippen LogP contribution is 2.79. The topological polar surface area (TPSA) is 64.8 Å². The summed E-state index contributed by atoms with van der Waals surface area (Å²) in [6, 6.07) is 0. The number of nitrogens with zero attached hydrogens (tertiary/aromatic N) is 4. The minimum atomic E-state index is -0.284. The molecule has 0 aliphatic heterocycles. The summed E-state index contributed by atoms with van der Waals surface area (Å²) in [5.74, 6) is 1.26. The van der Waals surface area contributed by atoms with E-state index >= 15 is 4.79 Å². The lowest BCUT2D eigenvalue weighted by Gasteiger charge is -2.73. The number of hydrogen-bond donors (Lipinski definition) is 0. The number of carbonyl (C=O) groups excluding carboxylic acids is 1. The van der Waals surface area contributed by atoms with E-state index in [0.29, 0.717) is 5.78 Å². The molecule has 0 bridgehead atoms. The van der Waals surface area contributed by atoms with Gasteiger partial charge in [0.1, 0.15) is 18.3 Å². The fourth-order valence-electron chi connectivity index (χ4n) is 12.7. The first-order chi connectivity index (χ1) is 19.5. The summed E-state index contributed by atoms with van der Waals surface area (Å²) in [6.45, 7) is 23.8. The van der Waals surface area contributed by atoms with Crippen molar-refractivity contribution < 1.29 is 14.0 Å². The molecule has 0 N–H and O–H groups in total. The van der Waals surface area contributed by atoms with Crippen LogP contribution in [0.3, 0.4) is 0 Å².